The van der Waals surface area contributed by atoms with Gasteiger partial charge in [-0.15, -0.1) is 11.6 Å². The molecule has 2 aromatic heterocycles. The van der Waals surface area contributed by atoms with Crippen molar-refractivity contribution in [3.8, 4) is 0 Å². The molecule has 1 aliphatic carbocycles. The second-order valence-electron chi connectivity index (χ2n) is 5.20. The van der Waals surface area contributed by atoms with Crippen molar-refractivity contribution in [3.05, 3.63) is 18.1 Å². The maximum atomic E-state index is 6.39. The molecule has 1 fully saturated rings. The molecule has 5 nitrogen and oxygen atoms in total. The van der Waals surface area contributed by atoms with E-state index >= 15 is 0 Å². The van der Waals surface area contributed by atoms with Gasteiger partial charge in [0, 0.05) is 23.7 Å². The largest absolute Gasteiger partial charge is 0.370 e. The van der Waals surface area contributed by atoms with Crippen LogP contribution in [0.5, 0.6) is 0 Å². The summed E-state index contributed by atoms with van der Waals surface area (Å²) < 4.78 is 1.74. The van der Waals surface area contributed by atoms with Gasteiger partial charge in [0.15, 0.2) is 0 Å². The normalized spacial score (nSPS) is 23.7. The van der Waals surface area contributed by atoms with Crippen LogP contribution in [0.15, 0.2) is 12.4 Å². The monoisotopic (exact) mass is 279 g/mol. The van der Waals surface area contributed by atoms with Crippen LogP contribution in [-0.2, 0) is 0 Å². The smallest absolute Gasteiger partial charge is 0.254 e. The second-order valence-corrected chi connectivity index (χ2v) is 5.76. The number of halogens is 1. The van der Waals surface area contributed by atoms with Gasteiger partial charge < -0.3 is 5.32 Å². The van der Waals surface area contributed by atoms with Crippen LogP contribution < -0.4 is 5.32 Å². The SMILES string of the molecule is Cc1cc(NCC2CCCCC2Cl)n2ncnc2n1. The van der Waals surface area contributed by atoms with E-state index in [1.54, 1.807) is 4.52 Å². The Labute approximate surface area is 117 Å². The minimum atomic E-state index is 0.287. The van der Waals surface area contributed by atoms with Crippen molar-refractivity contribution < 1.29 is 0 Å². The van der Waals surface area contributed by atoms with E-state index in [2.05, 4.69) is 20.4 Å². The van der Waals surface area contributed by atoms with Gasteiger partial charge in [-0.2, -0.15) is 14.6 Å². The fraction of sp³-hybridized carbons (Fsp3) is 0.615. The van der Waals surface area contributed by atoms with E-state index in [1.807, 2.05) is 13.0 Å². The van der Waals surface area contributed by atoms with Crippen LogP contribution in [0.4, 0.5) is 5.82 Å². The predicted molar refractivity (Wildman–Crippen MR) is 75.6 cm³/mol. The summed E-state index contributed by atoms with van der Waals surface area (Å²) in [6.07, 6.45) is 6.39. The molecular weight excluding hydrogens is 262 g/mol. The molecule has 102 valence electrons. The van der Waals surface area contributed by atoms with Gasteiger partial charge >= 0.3 is 0 Å². The highest BCUT2D eigenvalue weighted by Crippen LogP contribution is 2.28. The molecule has 0 aliphatic heterocycles. The Morgan fingerprint density at radius 1 is 1.42 bits per heavy atom. The lowest BCUT2D eigenvalue weighted by Crippen LogP contribution is -2.27. The Kier molecular flexibility index (Phi) is 3.55. The third-order valence-corrected chi connectivity index (χ3v) is 4.32. The molecule has 0 bridgehead atoms. The molecule has 2 unspecified atom stereocenters. The number of fused-ring (bicyclic) bond motifs is 1. The zero-order valence-corrected chi connectivity index (χ0v) is 11.8. The average Bonchev–Trinajstić information content (AvgIpc) is 2.85. The van der Waals surface area contributed by atoms with Crippen molar-refractivity contribution >= 4 is 23.2 Å². The molecule has 0 aromatic carbocycles. The van der Waals surface area contributed by atoms with E-state index in [0.29, 0.717) is 11.7 Å². The lowest BCUT2D eigenvalue weighted by atomic mass is 9.89. The molecule has 2 atom stereocenters. The summed E-state index contributed by atoms with van der Waals surface area (Å²) >= 11 is 6.39. The summed E-state index contributed by atoms with van der Waals surface area (Å²) in [5.41, 5.74) is 0.939. The Morgan fingerprint density at radius 2 is 2.26 bits per heavy atom. The predicted octanol–water partition coefficient (Wildman–Crippen LogP) is 2.64. The number of aryl methyl sites for hydroxylation is 1. The minimum absolute atomic E-state index is 0.287. The first-order valence-electron chi connectivity index (χ1n) is 6.79. The van der Waals surface area contributed by atoms with Gasteiger partial charge in [0.25, 0.3) is 5.78 Å². The van der Waals surface area contributed by atoms with E-state index < -0.39 is 0 Å². The molecule has 1 saturated carbocycles. The maximum absolute atomic E-state index is 6.39. The third-order valence-electron chi connectivity index (χ3n) is 3.74. The number of anilines is 1. The number of aromatic nitrogens is 4. The Bertz CT molecular complexity index is 567. The van der Waals surface area contributed by atoms with Gasteiger partial charge in [0.05, 0.1) is 0 Å². The topological polar surface area (TPSA) is 55.1 Å². The molecule has 0 spiro atoms. The lowest BCUT2D eigenvalue weighted by molar-refractivity contribution is 0.380. The molecule has 0 radical (unpaired) electrons. The van der Waals surface area contributed by atoms with Gasteiger partial charge in [-0.1, -0.05) is 12.8 Å². The van der Waals surface area contributed by atoms with E-state index in [1.165, 1.54) is 25.6 Å². The highest BCUT2D eigenvalue weighted by molar-refractivity contribution is 6.20. The van der Waals surface area contributed by atoms with Crippen molar-refractivity contribution in [3.63, 3.8) is 0 Å². The quantitative estimate of drug-likeness (QED) is 0.878. The Balaban J connectivity index is 1.75. The first-order chi connectivity index (χ1) is 9.24. The fourth-order valence-corrected chi connectivity index (χ4v) is 3.05. The zero-order chi connectivity index (χ0) is 13.2. The third kappa shape index (κ3) is 2.66. The zero-order valence-electron chi connectivity index (χ0n) is 11.0. The van der Waals surface area contributed by atoms with Crippen LogP contribution in [-0.4, -0.2) is 31.5 Å². The molecule has 1 aliphatic rings. The number of alkyl halides is 1. The number of rotatable bonds is 3. The van der Waals surface area contributed by atoms with Crippen LogP contribution in [0.25, 0.3) is 5.78 Å². The number of hydrogen-bond donors (Lipinski definition) is 1. The summed E-state index contributed by atoms with van der Waals surface area (Å²) in [6.45, 7) is 2.84. The number of nitrogens with one attached hydrogen (secondary N) is 1. The second kappa shape index (κ2) is 5.33. The van der Waals surface area contributed by atoms with Crippen molar-refractivity contribution in [2.45, 2.75) is 38.0 Å². The summed E-state index contributed by atoms with van der Waals surface area (Å²) in [7, 11) is 0. The van der Waals surface area contributed by atoms with E-state index in [9.17, 15) is 0 Å². The summed E-state index contributed by atoms with van der Waals surface area (Å²) in [5.74, 6) is 2.10. The van der Waals surface area contributed by atoms with Gasteiger partial charge in [-0.05, 0) is 25.7 Å². The molecule has 1 N–H and O–H groups in total. The molecular formula is C13H18ClN5. The van der Waals surface area contributed by atoms with E-state index in [4.69, 9.17) is 11.6 Å². The first-order valence-corrected chi connectivity index (χ1v) is 7.23. The van der Waals surface area contributed by atoms with Gasteiger partial charge in [-0.25, -0.2) is 4.98 Å². The highest BCUT2D eigenvalue weighted by atomic mass is 35.5. The molecule has 0 saturated heterocycles. The van der Waals surface area contributed by atoms with E-state index in [0.717, 1.165) is 24.5 Å². The molecule has 3 rings (SSSR count). The first kappa shape index (κ1) is 12.7. The fourth-order valence-electron chi connectivity index (χ4n) is 2.68. The number of hydrogen-bond acceptors (Lipinski definition) is 4. The van der Waals surface area contributed by atoms with Crippen molar-refractivity contribution in [1.29, 1.82) is 0 Å². The lowest BCUT2D eigenvalue weighted by Gasteiger charge is -2.27. The molecule has 2 aromatic rings. The summed E-state index contributed by atoms with van der Waals surface area (Å²) in [4.78, 5) is 8.45. The maximum Gasteiger partial charge on any atom is 0.254 e. The van der Waals surface area contributed by atoms with Crippen LogP contribution >= 0.6 is 11.6 Å². The Hall–Kier alpha value is -1.36. The van der Waals surface area contributed by atoms with Crippen molar-refractivity contribution in [2.75, 3.05) is 11.9 Å². The van der Waals surface area contributed by atoms with Crippen LogP contribution in [0, 0.1) is 12.8 Å². The van der Waals surface area contributed by atoms with Crippen molar-refractivity contribution in [1.82, 2.24) is 19.6 Å². The molecule has 19 heavy (non-hydrogen) atoms. The van der Waals surface area contributed by atoms with Crippen LogP contribution in [0.2, 0.25) is 0 Å². The summed E-state index contributed by atoms with van der Waals surface area (Å²) in [5, 5.41) is 7.93. The van der Waals surface area contributed by atoms with Gasteiger partial charge in [-0.3, -0.25) is 0 Å². The van der Waals surface area contributed by atoms with Gasteiger partial charge in [0.1, 0.15) is 12.1 Å². The van der Waals surface area contributed by atoms with Crippen LogP contribution in [0.1, 0.15) is 31.4 Å². The van der Waals surface area contributed by atoms with Crippen molar-refractivity contribution in [2.24, 2.45) is 5.92 Å². The molecule has 0 amide bonds. The minimum Gasteiger partial charge on any atom is -0.370 e. The van der Waals surface area contributed by atoms with Crippen LogP contribution in [0.3, 0.4) is 0 Å². The molecule has 6 heteroatoms. The standard InChI is InChI=1S/C13H18ClN5/c1-9-6-12(19-13(18-9)16-8-17-19)15-7-10-4-2-3-5-11(10)14/h6,8,10-11,15H,2-5,7H2,1H3. The van der Waals surface area contributed by atoms with E-state index in [-0.39, 0.29) is 5.38 Å². The number of nitrogens with zero attached hydrogens (tertiary/aromatic N) is 4. The molecule has 2 heterocycles. The summed E-state index contributed by atoms with van der Waals surface area (Å²) in [6, 6.07) is 1.99. The highest BCUT2D eigenvalue weighted by Gasteiger charge is 2.23. The Morgan fingerprint density at radius 3 is 3.11 bits per heavy atom. The average molecular weight is 280 g/mol. The van der Waals surface area contributed by atoms with Gasteiger partial charge in [0.2, 0.25) is 0 Å².